The van der Waals surface area contributed by atoms with E-state index in [1.807, 2.05) is 11.3 Å². The van der Waals surface area contributed by atoms with Gasteiger partial charge < -0.3 is 5.73 Å². The molecule has 0 atom stereocenters. The summed E-state index contributed by atoms with van der Waals surface area (Å²) in [4.78, 5) is 4.78. The zero-order valence-electron chi connectivity index (χ0n) is 11.2. The fraction of sp³-hybridized carbons (Fsp3) is 0.786. The van der Waals surface area contributed by atoms with E-state index in [0.717, 1.165) is 12.3 Å². The summed E-state index contributed by atoms with van der Waals surface area (Å²) in [6.07, 6.45) is 6.12. The van der Waals surface area contributed by atoms with Gasteiger partial charge in [0.2, 0.25) is 0 Å². The molecule has 1 heterocycles. The summed E-state index contributed by atoms with van der Waals surface area (Å²) >= 11 is 1.83. The first-order valence-corrected chi connectivity index (χ1v) is 7.53. The molecule has 0 bridgehead atoms. The van der Waals surface area contributed by atoms with E-state index in [9.17, 15) is 0 Å². The molecule has 1 saturated carbocycles. The summed E-state index contributed by atoms with van der Waals surface area (Å²) in [5.74, 6) is 0.814. The van der Waals surface area contributed by atoms with Crippen LogP contribution in [0, 0.1) is 5.92 Å². The zero-order chi connectivity index (χ0) is 12.5. The van der Waals surface area contributed by atoms with Crippen LogP contribution in [0.4, 0.5) is 0 Å². The first-order chi connectivity index (χ1) is 7.95. The highest BCUT2D eigenvalue weighted by Gasteiger charge is 2.22. The average molecular weight is 252 g/mol. The van der Waals surface area contributed by atoms with Gasteiger partial charge in [-0.05, 0) is 31.6 Å². The highest BCUT2D eigenvalue weighted by molar-refractivity contribution is 7.09. The molecule has 96 valence electrons. The van der Waals surface area contributed by atoms with Crippen molar-refractivity contribution in [3.8, 4) is 0 Å². The molecule has 2 nitrogen and oxygen atoms in total. The van der Waals surface area contributed by atoms with Gasteiger partial charge in [-0.3, -0.25) is 0 Å². The van der Waals surface area contributed by atoms with Crippen molar-refractivity contribution < 1.29 is 0 Å². The molecule has 17 heavy (non-hydrogen) atoms. The van der Waals surface area contributed by atoms with Gasteiger partial charge in [0, 0.05) is 23.3 Å². The lowest BCUT2D eigenvalue weighted by atomic mass is 9.84. The van der Waals surface area contributed by atoms with Gasteiger partial charge >= 0.3 is 0 Å². The minimum absolute atomic E-state index is 0.184. The summed E-state index contributed by atoms with van der Waals surface area (Å²) in [5, 5.41) is 3.54. The minimum Gasteiger partial charge on any atom is -0.328 e. The van der Waals surface area contributed by atoms with Crippen molar-refractivity contribution in [2.24, 2.45) is 11.7 Å². The predicted octanol–water partition coefficient (Wildman–Crippen LogP) is 3.50. The Balaban J connectivity index is 1.93. The Labute approximate surface area is 109 Å². The number of rotatable bonds is 2. The predicted molar refractivity (Wildman–Crippen MR) is 74.5 cm³/mol. The van der Waals surface area contributed by atoms with Crippen molar-refractivity contribution in [2.45, 2.75) is 64.3 Å². The molecule has 0 aromatic carbocycles. The monoisotopic (exact) mass is 252 g/mol. The molecule has 0 unspecified atom stereocenters. The largest absolute Gasteiger partial charge is 0.328 e. The molecule has 2 N–H and O–H groups in total. The van der Waals surface area contributed by atoms with Crippen molar-refractivity contribution in [3.63, 3.8) is 0 Å². The average Bonchev–Trinajstić information content (AvgIpc) is 2.69. The number of hydrogen-bond donors (Lipinski definition) is 1. The van der Waals surface area contributed by atoms with Crippen LogP contribution in [0.2, 0.25) is 0 Å². The second-order valence-electron chi connectivity index (χ2n) is 6.36. The van der Waals surface area contributed by atoms with Gasteiger partial charge in [-0.15, -0.1) is 11.3 Å². The molecule has 1 aromatic heterocycles. The molecular formula is C14H24N2S. The van der Waals surface area contributed by atoms with Crippen molar-refractivity contribution in [2.75, 3.05) is 0 Å². The number of thiazole rings is 1. The molecule has 0 spiro atoms. The van der Waals surface area contributed by atoms with E-state index in [2.05, 4.69) is 26.2 Å². The number of aromatic nitrogens is 1. The SMILES string of the molecule is CC(C)(C)c1csc(CC2CCC(N)CC2)n1. The van der Waals surface area contributed by atoms with E-state index in [4.69, 9.17) is 10.7 Å². The van der Waals surface area contributed by atoms with Crippen LogP contribution >= 0.6 is 11.3 Å². The minimum atomic E-state index is 0.184. The van der Waals surface area contributed by atoms with E-state index in [1.165, 1.54) is 36.4 Å². The summed E-state index contributed by atoms with van der Waals surface area (Å²) < 4.78 is 0. The summed E-state index contributed by atoms with van der Waals surface area (Å²) in [6.45, 7) is 6.68. The third-order valence-corrected chi connectivity index (χ3v) is 4.55. The Morgan fingerprint density at radius 2 is 1.94 bits per heavy atom. The van der Waals surface area contributed by atoms with Crippen LogP contribution in [0.25, 0.3) is 0 Å². The second-order valence-corrected chi connectivity index (χ2v) is 7.30. The van der Waals surface area contributed by atoms with Crippen LogP contribution in [0.5, 0.6) is 0 Å². The van der Waals surface area contributed by atoms with Gasteiger partial charge in [0.15, 0.2) is 0 Å². The molecule has 0 aliphatic heterocycles. The van der Waals surface area contributed by atoms with E-state index in [-0.39, 0.29) is 5.41 Å². The van der Waals surface area contributed by atoms with Crippen LogP contribution in [0.1, 0.15) is 57.2 Å². The molecule has 0 radical (unpaired) electrons. The van der Waals surface area contributed by atoms with E-state index < -0.39 is 0 Å². The van der Waals surface area contributed by atoms with Gasteiger partial charge in [0.25, 0.3) is 0 Å². The fourth-order valence-electron chi connectivity index (χ4n) is 2.39. The third kappa shape index (κ3) is 3.52. The molecular weight excluding hydrogens is 228 g/mol. The van der Waals surface area contributed by atoms with Gasteiger partial charge in [-0.2, -0.15) is 0 Å². The van der Waals surface area contributed by atoms with Crippen LogP contribution in [-0.2, 0) is 11.8 Å². The van der Waals surface area contributed by atoms with E-state index >= 15 is 0 Å². The Hall–Kier alpha value is -0.410. The Morgan fingerprint density at radius 1 is 1.29 bits per heavy atom. The van der Waals surface area contributed by atoms with Crippen molar-refractivity contribution in [3.05, 3.63) is 16.1 Å². The first kappa shape index (κ1) is 13.0. The smallest absolute Gasteiger partial charge is 0.0931 e. The van der Waals surface area contributed by atoms with Gasteiger partial charge in [-0.25, -0.2) is 4.98 Å². The highest BCUT2D eigenvalue weighted by Crippen LogP contribution is 2.29. The lowest BCUT2D eigenvalue weighted by molar-refractivity contribution is 0.324. The summed E-state index contributed by atoms with van der Waals surface area (Å²) in [7, 11) is 0. The van der Waals surface area contributed by atoms with Crippen LogP contribution in [0.3, 0.4) is 0 Å². The Morgan fingerprint density at radius 3 is 2.47 bits per heavy atom. The molecule has 2 rings (SSSR count). The number of hydrogen-bond acceptors (Lipinski definition) is 3. The Bertz CT molecular complexity index is 357. The molecule has 1 fully saturated rings. The molecule has 3 heteroatoms. The van der Waals surface area contributed by atoms with Crippen molar-refractivity contribution >= 4 is 11.3 Å². The number of nitrogens with zero attached hydrogens (tertiary/aromatic N) is 1. The highest BCUT2D eigenvalue weighted by atomic mass is 32.1. The first-order valence-electron chi connectivity index (χ1n) is 6.65. The van der Waals surface area contributed by atoms with Crippen molar-refractivity contribution in [1.82, 2.24) is 4.98 Å². The zero-order valence-corrected chi connectivity index (χ0v) is 12.0. The topological polar surface area (TPSA) is 38.9 Å². The van der Waals surface area contributed by atoms with E-state index in [0.29, 0.717) is 6.04 Å². The van der Waals surface area contributed by atoms with E-state index in [1.54, 1.807) is 0 Å². The third-order valence-electron chi connectivity index (χ3n) is 3.67. The second kappa shape index (κ2) is 5.07. The fourth-order valence-corrected chi connectivity index (χ4v) is 3.53. The normalized spacial score (nSPS) is 26.1. The van der Waals surface area contributed by atoms with Crippen LogP contribution in [0.15, 0.2) is 5.38 Å². The van der Waals surface area contributed by atoms with Gasteiger partial charge in [0.1, 0.15) is 0 Å². The lowest BCUT2D eigenvalue weighted by Gasteiger charge is -2.25. The molecule has 0 amide bonds. The summed E-state index contributed by atoms with van der Waals surface area (Å²) in [6, 6.07) is 0.452. The molecule has 1 aliphatic rings. The standard InChI is InChI=1S/C14H24N2S/c1-14(2,3)12-9-17-13(16-12)8-10-4-6-11(15)7-5-10/h9-11H,4-8,15H2,1-3H3. The quantitative estimate of drug-likeness (QED) is 0.875. The van der Waals surface area contributed by atoms with Crippen LogP contribution in [-0.4, -0.2) is 11.0 Å². The Kier molecular flexibility index (Phi) is 3.88. The van der Waals surface area contributed by atoms with Gasteiger partial charge in [0.05, 0.1) is 10.7 Å². The lowest BCUT2D eigenvalue weighted by Crippen LogP contribution is -2.27. The molecule has 1 aromatic rings. The summed E-state index contributed by atoms with van der Waals surface area (Å²) in [5.41, 5.74) is 7.36. The maximum absolute atomic E-state index is 5.94. The van der Waals surface area contributed by atoms with Crippen molar-refractivity contribution in [1.29, 1.82) is 0 Å². The number of nitrogens with two attached hydrogens (primary N) is 1. The maximum Gasteiger partial charge on any atom is 0.0931 e. The molecule has 1 aliphatic carbocycles. The maximum atomic E-state index is 5.94. The van der Waals surface area contributed by atoms with Crippen LogP contribution < -0.4 is 5.73 Å². The van der Waals surface area contributed by atoms with Gasteiger partial charge in [-0.1, -0.05) is 20.8 Å². The molecule has 0 saturated heterocycles.